The highest BCUT2D eigenvalue weighted by molar-refractivity contribution is 6.03. The maximum Gasteiger partial charge on any atom is 0.338 e. The molecule has 6 heteroatoms. The van der Waals surface area contributed by atoms with Crippen molar-refractivity contribution < 1.29 is 23.9 Å². The van der Waals surface area contributed by atoms with Crippen molar-refractivity contribution >= 4 is 17.5 Å². The number of hydrogen-bond acceptors (Lipinski definition) is 5. The highest BCUT2D eigenvalue weighted by Crippen LogP contribution is 2.20. The Morgan fingerprint density at radius 3 is 2.19 bits per heavy atom. The van der Waals surface area contributed by atoms with E-state index < -0.39 is 5.97 Å². The summed E-state index contributed by atoms with van der Waals surface area (Å²) in [6.45, 7) is 8.36. The average Bonchev–Trinajstić information content (AvgIpc) is 2.87. The van der Waals surface area contributed by atoms with Crippen molar-refractivity contribution in [1.29, 1.82) is 0 Å². The third-order valence-corrected chi connectivity index (χ3v) is 3.87. The number of aromatic amines is 1. The van der Waals surface area contributed by atoms with Gasteiger partial charge in [-0.05, 0) is 64.4 Å². The van der Waals surface area contributed by atoms with Crippen LogP contribution in [0, 0.1) is 13.8 Å². The van der Waals surface area contributed by atoms with Crippen LogP contribution in [-0.2, 0) is 4.74 Å². The van der Waals surface area contributed by atoms with E-state index in [0.717, 1.165) is 0 Å². The Bertz CT molecular complexity index is 831. The van der Waals surface area contributed by atoms with Crippen molar-refractivity contribution in [3.05, 3.63) is 52.3 Å². The van der Waals surface area contributed by atoms with Crippen molar-refractivity contribution in [2.24, 2.45) is 0 Å². The van der Waals surface area contributed by atoms with E-state index in [4.69, 9.17) is 9.47 Å². The molecule has 138 valence electrons. The maximum atomic E-state index is 12.4. The van der Waals surface area contributed by atoms with Crippen LogP contribution in [0.2, 0.25) is 0 Å². The van der Waals surface area contributed by atoms with Gasteiger partial charge in [-0.25, -0.2) is 4.79 Å². The zero-order chi connectivity index (χ0) is 19.4. The van der Waals surface area contributed by atoms with Gasteiger partial charge in [-0.2, -0.15) is 0 Å². The third-order valence-electron chi connectivity index (χ3n) is 3.87. The fourth-order valence-electron chi connectivity index (χ4n) is 2.75. The molecule has 0 bridgehead atoms. The molecule has 0 unspecified atom stereocenters. The van der Waals surface area contributed by atoms with Crippen LogP contribution in [0.15, 0.2) is 24.3 Å². The number of esters is 1. The average molecular weight is 357 g/mol. The molecule has 6 nitrogen and oxygen atoms in total. The van der Waals surface area contributed by atoms with Gasteiger partial charge in [0.25, 0.3) is 0 Å². The van der Waals surface area contributed by atoms with Crippen LogP contribution in [0.5, 0.6) is 5.75 Å². The number of H-pyrrole nitrogens is 1. The monoisotopic (exact) mass is 357 g/mol. The number of rotatable bonds is 7. The van der Waals surface area contributed by atoms with Gasteiger partial charge < -0.3 is 14.5 Å². The first-order chi connectivity index (χ1) is 12.2. The fourth-order valence-corrected chi connectivity index (χ4v) is 2.75. The van der Waals surface area contributed by atoms with Gasteiger partial charge in [-0.1, -0.05) is 0 Å². The number of carbonyl (C=O) groups is 3. The molecule has 0 aliphatic rings. The molecular formula is C20H23NO5. The quantitative estimate of drug-likeness (QED) is 0.604. The summed E-state index contributed by atoms with van der Waals surface area (Å²) in [7, 11) is 0. The second kappa shape index (κ2) is 7.99. The molecule has 0 radical (unpaired) electrons. The van der Waals surface area contributed by atoms with Crippen LogP contribution in [0.25, 0.3) is 0 Å². The predicted molar refractivity (Wildman–Crippen MR) is 97.1 cm³/mol. The minimum absolute atomic E-state index is 0.0832. The van der Waals surface area contributed by atoms with E-state index in [1.165, 1.54) is 6.92 Å². The van der Waals surface area contributed by atoms with Crippen LogP contribution in [0.3, 0.4) is 0 Å². The summed E-state index contributed by atoms with van der Waals surface area (Å²) in [6, 6.07) is 6.39. The number of nitrogens with one attached hydrogen (secondary N) is 1. The first-order valence-electron chi connectivity index (χ1n) is 8.37. The standard InChI is InChI=1S/C20H23NO5/c1-11(2)26-20(24)15-6-8-16(9-7-15)25-10-17(23)19-12(3)18(14(5)22)13(4)21-19/h6-9,11,21H,10H2,1-5H3. The number of carbonyl (C=O) groups excluding carboxylic acids is 3. The van der Waals surface area contributed by atoms with E-state index in [1.807, 2.05) is 0 Å². The first kappa shape index (κ1) is 19.4. The molecule has 1 heterocycles. The molecular weight excluding hydrogens is 334 g/mol. The molecule has 0 atom stereocenters. The van der Waals surface area contributed by atoms with Gasteiger partial charge in [0.05, 0.1) is 17.4 Å². The summed E-state index contributed by atoms with van der Waals surface area (Å²) in [6.07, 6.45) is -0.191. The maximum absolute atomic E-state index is 12.4. The molecule has 26 heavy (non-hydrogen) atoms. The SMILES string of the molecule is CC(=O)c1c(C)[nH]c(C(=O)COc2ccc(C(=O)OC(C)C)cc2)c1C. The highest BCUT2D eigenvalue weighted by atomic mass is 16.5. The zero-order valence-corrected chi connectivity index (χ0v) is 15.6. The highest BCUT2D eigenvalue weighted by Gasteiger charge is 2.20. The van der Waals surface area contributed by atoms with Crippen LogP contribution >= 0.6 is 0 Å². The molecule has 2 aromatic rings. The molecule has 0 saturated heterocycles. The van der Waals surface area contributed by atoms with E-state index >= 15 is 0 Å². The molecule has 1 aromatic carbocycles. The van der Waals surface area contributed by atoms with Gasteiger partial charge in [-0.15, -0.1) is 0 Å². The second-order valence-corrected chi connectivity index (χ2v) is 6.37. The lowest BCUT2D eigenvalue weighted by atomic mass is 10.1. The smallest absolute Gasteiger partial charge is 0.338 e. The van der Waals surface area contributed by atoms with E-state index in [0.29, 0.717) is 33.8 Å². The molecule has 0 saturated carbocycles. The van der Waals surface area contributed by atoms with E-state index in [2.05, 4.69) is 4.98 Å². The van der Waals surface area contributed by atoms with Crippen LogP contribution < -0.4 is 4.74 Å². The zero-order valence-electron chi connectivity index (χ0n) is 15.6. The van der Waals surface area contributed by atoms with Gasteiger partial charge in [0.1, 0.15) is 5.75 Å². The first-order valence-corrected chi connectivity index (χ1v) is 8.37. The number of aromatic nitrogens is 1. The van der Waals surface area contributed by atoms with Crippen LogP contribution in [-0.4, -0.2) is 35.2 Å². The van der Waals surface area contributed by atoms with Gasteiger partial charge in [0.2, 0.25) is 5.78 Å². The van der Waals surface area contributed by atoms with Gasteiger partial charge in [0, 0.05) is 11.3 Å². The Morgan fingerprint density at radius 1 is 1.08 bits per heavy atom. The summed E-state index contributed by atoms with van der Waals surface area (Å²) in [5, 5.41) is 0. The molecule has 2 rings (SSSR count). The number of benzene rings is 1. The lowest BCUT2D eigenvalue weighted by molar-refractivity contribution is 0.0377. The fraction of sp³-hybridized carbons (Fsp3) is 0.350. The Kier molecular flexibility index (Phi) is 5.97. The van der Waals surface area contributed by atoms with Gasteiger partial charge >= 0.3 is 5.97 Å². The number of ether oxygens (including phenoxy) is 2. The van der Waals surface area contributed by atoms with Crippen molar-refractivity contribution in [2.75, 3.05) is 6.61 Å². The molecule has 0 amide bonds. The third kappa shape index (κ3) is 4.39. The van der Waals surface area contributed by atoms with Crippen molar-refractivity contribution in [1.82, 2.24) is 4.98 Å². The molecule has 0 spiro atoms. The number of hydrogen-bond donors (Lipinski definition) is 1. The number of Topliss-reactive ketones (excluding diaryl/α,β-unsaturated/α-hetero) is 2. The summed E-state index contributed by atoms with van der Waals surface area (Å²) in [5.74, 6) is -0.273. The Morgan fingerprint density at radius 2 is 1.69 bits per heavy atom. The van der Waals surface area contributed by atoms with Crippen molar-refractivity contribution in [2.45, 2.75) is 40.7 Å². The second-order valence-electron chi connectivity index (χ2n) is 6.37. The lowest BCUT2D eigenvalue weighted by Gasteiger charge is -2.09. The summed E-state index contributed by atoms with van der Waals surface area (Å²) >= 11 is 0. The summed E-state index contributed by atoms with van der Waals surface area (Å²) in [4.78, 5) is 38.8. The molecule has 0 aliphatic heterocycles. The number of ketones is 2. The minimum atomic E-state index is -0.406. The van der Waals surface area contributed by atoms with Gasteiger partial charge in [0.15, 0.2) is 12.4 Å². The van der Waals surface area contributed by atoms with E-state index in [-0.39, 0.29) is 24.3 Å². The van der Waals surface area contributed by atoms with E-state index in [9.17, 15) is 14.4 Å². The Labute approximate surface area is 152 Å². The summed E-state index contributed by atoms with van der Waals surface area (Å²) < 4.78 is 10.6. The topological polar surface area (TPSA) is 85.5 Å². The van der Waals surface area contributed by atoms with Crippen molar-refractivity contribution in [3.63, 3.8) is 0 Å². The lowest BCUT2D eigenvalue weighted by Crippen LogP contribution is -2.14. The van der Waals surface area contributed by atoms with Crippen molar-refractivity contribution in [3.8, 4) is 5.75 Å². The molecule has 0 aliphatic carbocycles. The predicted octanol–water partition coefficient (Wildman–Crippen LogP) is 3.66. The Balaban J connectivity index is 2.03. The molecule has 1 aromatic heterocycles. The van der Waals surface area contributed by atoms with Gasteiger partial charge in [-0.3, -0.25) is 9.59 Å². The molecule has 1 N–H and O–H groups in total. The van der Waals surface area contributed by atoms with Crippen LogP contribution in [0.1, 0.15) is 63.2 Å². The Hall–Kier alpha value is -2.89. The summed E-state index contributed by atoms with van der Waals surface area (Å²) in [5.41, 5.74) is 2.65. The van der Waals surface area contributed by atoms with E-state index in [1.54, 1.807) is 52.0 Å². The van der Waals surface area contributed by atoms with Crippen LogP contribution in [0.4, 0.5) is 0 Å². The normalized spacial score (nSPS) is 10.7. The largest absolute Gasteiger partial charge is 0.485 e. The molecule has 0 fully saturated rings. The minimum Gasteiger partial charge on any atom is -0.485 e. The number of aryl methyl sites for hydroxylation is 1.